The molecule has 1 aromatic heterocycles. The second-order valence-electron chi connectivity index (χ2n) is 3.85. The van der Waals surface area contributed by atoms with Crippen molar-refractivity contribution < 1.29 is 4.42 Å². The monoisotopic (exact) mass is 216 g/mol. The number of furan rings is 1. The second kappa shape index (κ2) is 4.75. The zero-order chi connectivity index (χ0) is 11.4. The van der Waals surface area contributed by atoms with Crippen LogP contribution in [0, 0.1) is 6.92 Å². The SMILES string of the molecule is Cc1ccc(NCCc2ccco2)c(N)c1. The number of anilines is 2. The van der Waals surface area contributed by atoms with Gasteiger partial charge in [-0.25, -0.2) is 0 Å². The van der Waals surface area contributed by atoms with E-state index in [-0.39, 0.29) is 0 Å². The lowest BCUT2D eigenvalue weighted by Crippen LogP contribution is -2.06. The van der Waals surface area contributed by atoms with Gasteiger partial charge < -0.3 is 15.5 Å². The minimum Gasteiger partial charge on any atom is -0.469 e. The molecule has 3 N–H and O–H groups in total. The molecule has 3 heteroatoms. The van der Waals surface area contributed by atoms with Crippen LogP contribution in [0.4, 0.5) is 11.4 Å². The van der Waals surface area contributed by atoms with Crippen molar-refractivity contribution in [1.82, 2.24) is 0 Å². The Morgan fingerprint density at radius 1 is 1.31 bits per heavy atom. The number of hydrogen-bond donors (Lipinski definition) is 2. The summed E-state index contributed by atoms with van der Waals surface area (Å²) in [7, 11) is 0. The minimum absolute atomic E-state index is 0.791. The van der Waals surface area contributed by atoms with Gasteiger partial charge in [0.25, 0.3) is 0 Å². The molecule has 1 aromatic carbocycles. The van der Waals surface area contributed by atoms with Gasteiger partial charge >= 0.3 is 0 Å². The van der Waals surface area contributed by atoms with Crippen molar-refractivity contribution in [2.75, 3.05) is 17.6 Å². The first kappa shape index (κ1) is 10.6. The Morgan fingerprint density at radius 3 is 2.88 bits per heavy atom. The number of nitrogens with two attached hydrogens (primary N) is 1. The predicted octanol–water partition coefficient (Wildman–Crippen LogP) is 2.82. The van der Waals surface area contributed by atoms with Crippen LogP contribution in [0.2, 0.25) is 0 Å². The highest BCUT2D eigenvalue weighted by atomic mass is 16.3. The number of nitrogens with one attached hydrogen (secondary N) is 1. The van der Waals surface area contributed by atoms with Gasteiger partial charge in [0.15, 0.2) is 0 Å². The van der Waals surface area contributed by atoms with Crippen molar-refractivity contribution >= 4 is 11.4 Å². The zero-order valence-corrected chi connectivity index (χ0v) is 9.36. The molecular formula is C13H16N2O. The molecular weight excluding hydrogens is 200 g/mol. The molecule has 0 radical (unpaired) electrons. The van der Waals surface area contributed by atoms with Crippen molar-refractivity contribution in [3.8, 4) is 0 Å². The lowest BCUT2D eigenvalue weighted by atomic mass is 10.2. The average molecular weight is 216 g/mol. The third kappa shape index (κ3) is 2.57. The Kier molecular flexibility index (Phi) is 3.15. The Hall–Kier alpha value is -1.90. The lowest BCUT2D eigenvalue weighted by molar-refractivity contribution is 0.513. The fourth-order valence-corrected chi connectivity index (χ4v) is 1.62. The molecule has 0 saturated carbocycles. The molecule has 0 atom stereocenters. The van der Waals surface area contributed by atoms with E-state index in [0.717, 1.165) is 30.1 Å². The predicted molar refractivity (Wildman–Crippen MR) is 66.5 cm³/mol. The van der Waals surface area contributed by atoms with Gasteiger partial charge in [-0.3, -0.25) is 0 Å². The van der Waals surface area contributed by atoms with Crippen LogP contribution in [0.15, 0.2) is 41.0 Å². The van der Waals surface area contributed by atoms with Gasteiger partial charge in [0.2, 0.25) is 0 Å². The van der Waals surface area contributed by atoms with Crippen molar-refractivity contribution in [3.63, 3.8) is 0 Å². The van der Waals surface area contributed by atoms with Gasteiger partial charge in [-0.15, -0.1) is 0 Å². The van der Waals surface area contributed by atoms with E-state index in [1.807, 2.05) is 37.3 Å². The Labute approximate surface area is 95.3 Å². The van der Waals surface area contributed by atoms with Gasteiger partial charge in [0, 0.05) is 13.0 Å². The molecule has 0 aliphatic rings. The number of nitrogen functional groups attached to an aromatic ring is 1. The van der Waals surface area contributed by atoms with Gasteiger partial charge in [0.05, 0.1) is 17.6 Å². The average Bonchev–Trinajstić information content (AvgIpc) is 2.74. The fraction of sp³-hybridized carbons (Fsp3) is 0.231. The van der Waals surface area contributed by atoms with E-state index in [9.17, 15) is 0 Å². The third-order valence-corrected chi connectivity index (χ3v) is 2.47. The molecule has 1 heterocycles. The molecule has 16 heavy (non-hydrogen) atoms. The van der Waals surface area contributed by atoms with Crippen molar-refractivity contribution in [2.45, 2.75) is 13.3 Å². The van der Waals surface area contributed by atoms with Gasteiger partial charge in [-0.05, 0) is 36.8 Å². The lowest BCUT2D eigenvalue weighted by Gasteiger charge is -2.08. The van der Waals surface area contributed by atoms with Crippen LogP contribution in [0.1, 0.15) is 11.3 Å². The summed E-state index contributed by atoms with van der Waals surface area (Å²) < 4.78 is 5.25. The molecule has 0 bridgehead atoms. The highest BCUT2D eigenvalue weighted by Crippen LogP contribution is 2.19. The second-order valence-corrected chi connectivity index (χ2v) is 3.85. The molecule has 0 aliphatic heterocycles. The topological polar surface area (TPSA) is 51.2 Å². The molecule has 84 valence electrons. The fourth-order valence-electron chi connectivity index (χ4n) is 1.62. The summed E-state index contributed by atoms with van der Waals surface area (Å²) in [5.41, 5.74) is 8.84. The number of aryl methyl sites for hydroxylation is 1. The number of rotatable bonds is 4. The maximum absolute atomic E-state index is 5.89. The van der Waals surface area contributed by atoms with E-state index in [1.165, 1.54) is 5.56 Å². The van der Waals surface area contributed by atoms with Crippen molar-refractivity contribution in [1.29, 1.82) is 0 Å². The molecule has 3 nitrogen and oxygen atoms in total. The normalized spacial score (nSPS) is 10.3. The molecule has 0 saturated heterocycles. The summed E-state index contributed by atoms with van der Waals surface area (Å²) >= 11 is 0. The molecule has 0 spiro atoms. The van der Waals surface area contributed by atoms with E-state index < -0.39 is 0 Å². The van der Waals surface area contributed by atoms with Gasteiger partial charge in [0.1, 0.15) is 5.76 Å². The largest absolute Gasteiger partial charge is 0.469 e. The van der Waals surface area contributed by atoms with E-state index >= 15 is 0 Å². The molecule has 0 aliphatic carbocycles. The van der Waals surface area contributed by atoms with Crippen LogP contribution in [-0.4, -0.2) is 6.54 Å². The van der Waals surface area contributed by atoms with Crippen LogP contribution in [0.25, 0.3) is 0 Å². The first-order chi connectivity index (χ1) is 7.75. The van der Waals surface area contributed by atoms with Gasteiger partial charge in [-0.2, -0.15) is 0 Å². The summed E-state index contributed by atoms with van der Waals surface area (Å²) in [5.74, 6) is 0.984. The van der Waals surface area contributed by atoms with Crippen LogP contribution in [0.5, 0.6) is 0 Å². The summed E-state index contributed by atoms with van der Waals surface area (Å²) in [6.07, 6.45) is 2.55. The van der Waals surface area contributed by atoms with Crippen LogP contribution in [0.3, 0.4) is 0 Å². The zero-order valence-electron chi connectivity index (χ0n) is 9.36. The van der Waals surface area contributed by atoms with Crippen LogP contribution >= 0.6 is 0 Å². The summed E-state index contributed by atoms with van der Waals surface area (Å²) in [4.78, 5) is 0. The smallest absolute Gasteiger partial charge is 0.105 e. The van der Waals surface area contributed by atoms with E-state index in [2.05, 4.69) is 5.32 Å². The first-order valence-corrected chi connectivity index (χ1v) is 5.38. The third-order valence-electron chi connectivity index (χ3n) is 2.47. The Morgan fingerprint density at radius 2 is 2.19 bits per heavy atom. The molecule has 0 amide bonds. The van der Waals surface area contributed by atoms with E-state index in [0.29, 0.717) is 0 Å². The molecule has 2 aromatic rings. The van der Waals surface area contributed by atoms with Crippen molar-refractivity contribution in [3.05, 3.63) is 47.9 Å². The van der Waals surface area contributed by atoms with Crippen LogP contribution in [-0.2, 0) is 6.42 Å². The first-order valence-electron chi connectivity index (χ1n) is 5.38. The minimum atomic E-state index is 0.791. The van der Waals surface area contributed by atoms with E-state index in [4.69, 9.17) is 10.2 Å². The van der Waals surface area contributed by atoms with Gasteiger partial charge in [-0.1, -0.05) is 6.07 Å². The summed E-state index contributed by atoms with van der Waals surface area (Å²) in [6, 6.07) is 9.89. The van der Waals surface area contributed by atoms with E-state index in [1.54, 1.807) is 6.26 Å². The highest BCUT2D eigenvalue weighted by Gasteiger charge is 1.99. The standard InChI is InChI=1S/C13H16N2O/c1-10-4-5-13(12(14)9-10)15-7-6-11-3-2-8-16-11/h2-5,8-9,15H,6-7,14H2,1H3. The maximum atomic E-state index is 5.89. The summed E-state index contributed by atoms with van der Waals surface area (Å²) in [6.45, 7) is 2.85. The van der Waals surface area contributed by atoms with Crippen molar-refractivity contribution in [2.24, 2.45) is 0 Å². The number of benzene rings is 1. The quantitative estimate of drug-likeness (QED) is 0.773. The van der Waals surface area contributed by atoms with Crippen LogP contribution < -0.4 is 11.1 Å². The number of hydrogen-bond acceptors (Lipinski definition) is 3. The summed E-state index contributed by atoms with van der Waals surface area (Å²) in [5, 5.41) is 3.29. The Bertz CT molecular complexity index is 449. The highest BCUT2D eigenvalue weighted by molar-refractivity contribution is 5.66. The molecule has 0 unspecified atom stereocenters. The Balaban J connectivity index is 1.90. The maximum Gasteiger partial charge on any atom is 0.105 e. The molecule has 0 fully saturated rings. The molecule has 2 rings (SSSR count).